The summed E-state index contributed by atoms with van der Waals surface area (Å²) in [6.07, 6.45) is 2.15. The van der Waals surface area contributed by atoms with Gasteiger partial charge >= 0.3 is 11.9 Å². The number of esters is 1. The lowest BCUT2D eigenvalue weighted by molar-refractivity contribution is -0.147. The van der Waals surface area contributed by atoms with Crippen LogP contribution in [0.4, 0.5) is 17.6 Å². The SMILES string of the molecule is CCOC(=O)C1=C(CN2CC(F)(F)C3C2CCN3CCC(C)(C)C(=O)O)NC(c2nccs2)=NC1c1cccc(F)c1F. The molecule has 2 N–H and O–H groups in total. The third-order valence-electron chi connectivity index (χ3n) is 8.28. The number of aliphatic imine (C=N–C) groups is 1. The van der Waals surface area contributed by atoms with Crippen LogP contribution in [0.5, 0.6) is 0 Å². The Morgan fingerprint density at radius 2 is 2.02 bits per heavy atom. The van der Waals surface area contributed by atoms with Crippen LogP contribution in [0.15, 0.2) is 46.0 Å². The topological polar surface area (TPSA) is 107 Å². The van der Waals surface area contributed by atoms with Gasteiger partial charge in [0, 0.05) is 42.0 Å². The van der Waals surface area contributed by atoms with Gasteiger partial charge in [0.05, 0.1) is 30.2 Å². The summed E-state index contributed by atoms with van der Waals surface area (Å²) >= 11 is 1.23. The minimum Gasteiger partial charge on any atom is -0.481 e. The number of rotatable bonds is 10. The predicted octanol–water partition coefficient (Wildman–Crippen LogP) is 4.22. The number of halogens is 4. The summed E-state index contributed by atoms with van der Waals surface area (Å²) in [5.74, 6) is -7.04. The molecule has 14 heteroatoms. The van der Waals surface area contributed by atoms with Gasteiger partial charge in [0.25, 0.3) is 5.92 Å². The molecular weight excluding hydrogens is 590 g/mol. The first-order valence-electron chi connectivity index (χ1n) is 14.0. The smallest absolute Gasteiger partial charge is 0.338 e. The van der Waals surface area contributed by atoms with Gasteiger partial charge in [-0.25, -0.2) is 27.3 Å². The van der Waals surface area contributed by atoms with Crippen LogP contribution in [0.25, 0.3) is 0 Å². The van der Waals surface area contributed by atoms with Crippen LogP contribution < -0.4 is 5.32 Å². The molecule has 0 saturated carbocycles. The lowest BCUT2D eigenvalue weighted by atomic mass is 9.89. The average molecular weight is 624 g/mol. The van der Waals surface area contributed by atoms with E-state index in [-0.39, 0.29) is 48.8 Å². The number of alkyl halides is 2. The number of carboxylic acids is 1. The Labute approximate surface area is 250 Å². The van der Waals surface area contributed by atoms with Crippen molar-refractivity contribution in [3.63, 3.8) is 0 Å². The number of aliphatic carboxylic acids is 1. The molecule has 2 fully saturated rings. The number of carboxylic acid groups (broad SMARTS) is 1. The largest absolute Gasteiger partial charge is 0.481 e. The molecule has 3 atom stereocenters. The lowest BCUT2D eigenvalue weighted by Gasteiger charge is -2.31. The van der Waals surface area contributed by atoms with Gasteiger partial charge in [0.1, 0.15) is 6.04 Å². The van der Waals surface area contributed by atoms with Crippen LogP contribution in [-0.4, -0.2) is 88.5 Å². The second kappa shape index (κ2) is 12.0. The van der Waals surface area contributed by atoms with Crippen LogP contribution >= 0.6 is 11.3 Å². The molecule has 9 nitrogen and oxygen atoms in total. The van der Waals surface area contributed by atoms with Crippen molar-refractivity contribution in [3.05, 3.63) is 63.3 Å². The Bertz CT molecular complexity index is 1450. The van der Waals surface area contributed by atoms with E-state index in [4.69, 9.17) is 4.74 Å². The molecule has 0 amide bonds. The van der Waals surface area contributed by atoms with E-state index in [1.165, 1.54) is 29.7 Å². The van der Waals surface area contributed by atoms with Gasteiger partial charge in [0.15, 0.2) is 22.5 Å². The number of hydrogen-bond acceptors (Lipinski definition) is 9. The molecular formula is C29H33F4N5O4S. The first-order valence-corrected chi connectivity index (χ1v) is 14.9. The van der Waals surface area contributed by atoms with E-state index in [0.29, 0.717) is 18.0 Å². The second-order valence-electron chi connectivity index (χ2n) is 11.5. The summed E-state index contributed by atoms with van der Waals surface area (Å²) in [7, 11) is 0. The highest BCUT2D eigenvalue weighted by atomic mass is 32.1. The molecule has 1 aromatic heterocycles. The summed E-state index contributed by atoms with van der Waals surface area (Å²) in [5, 5.41) is 14.7. The van der Waals surface area contributed by atoms with Crippen LogP contribution in [0.3, 0.4) is 0 Å². The molecule has 0 spiro atoms. The standard InChI is InChI=1S/C29H33F4N5O4S/c1-4-42-26(39)20-18(35-24(25-34-10-13-43-25)36-22(20)16-6-5-7-17(30)21(16)31)14-38-15-29(32,33)23-19(38)8-11-37(23)12-9-28(2,3)27(40)41/h5-7,10,13,19,22-23H,4,8-9,11-12,14-15H2,1-3H3,(H,35,36)(H,40,41). The number of amidine groups is 1. The molecule has 232 valence electrons. The molecule has 5 rings (SSSR count). The number of carbonyl (C=O) groups excluding carboxylic acids is 1. The minimum atomic E-state index is -3.12. The van der Waals surface area contributed by atoms with Crippen molar-refractivity contribution in [3.8, 4) is 0 Å². The zero-order valence-electron chi connectivity index (χ0n) is 23.9. The summed E-state index contributed by atoms with van der Waals surface area (Å²) in [4.78, 5) is 37.0. The molecule has 0 aliphatic carbocycles. The number of benzene rings is 1. The molecule has 3 aliphatic rings. The molecule has 2 saturated heterocycles. The number of nitrogens with one attached hydrogen (secondary N) is 1. The maximum Gasteiger partial charge on any atom is 0.338 e. The fraction of sp³-hybridized carbons (Fsp3) is 0.517. The molecule has 2 aromatic rings. The van der Waals surface area contributed by atoms with E-state index in [1.54, 1.807) is 36.0 Å². The number of likely N-dealkylation sites (tertiary alicyclic amines) is 2. The second-order valence-corrected chi connectivity index (χ2v) is 12.4. The summed E-state index contributed by atoms with van der Waals surface area (Å²) in [5.41, 5.74) is -1.18. The van der Waals surface area contributed by atoms with Crippen molar-refractivity contribution in [1.82, 2.24) is 20.1 Å². The average Bonchev–Trinajstić information content (AvgIpc) is 3.68. The Hall–Kier alpha value is -3.36. The van der Waals surface area contributed by atoms with Crippen LogP contribution in [0, 0.1) is 17.0 Å². The van der Waals surface area contributed by atoms with Crippen LogP contribution in [0.1, 0.15) is 50.2 Å². The molecule has 1 aromatic carbocycles. The van der Waals surface area contributed by atoms with Crippen molar-refractivity contribution in [2.75, 3.05) is 32.8 Å². The molecule has 43 heavy (non-hydrogen) atoms. The zero-order chi connectivity index (χ0) is 31.1. The van der Waals surface area contributed by atoms with Gasteiger partial charge in [-0.2, -0.15) is 0 Å². The number of thiazole rings is 1. The molecule has 0 radical (unpaired) electrons. The van der Waals surface area contributed by atoms with E-state index in [9.17, 15) is 19.1 Å². The number of ether oxygens (including phenoxy) is 1. The van der Waals surface area contributed by atoms with Gasteiger partial charge in [-0.05, 0) is 46.2 Å². The molecule has 0 bridgehead atoms. The van der Waals surface area contributed by atoms with Gasteiger partial charge < -0.3 is 15.2 Å². The van der Waals surface area contributed by atoms with E-state index in [0.717, 1.165) is 6.07 Å². The quantitative estimate of drug-likeness (QED) is 0.299. The summed E-state index contributed by atoms with van der Waals surface area (Å²) in [6.45, 7) is 4.53. The minimum absolute atomic E-state index is 0.00878. The lowest BCUT2D eigenvalue weighted by Crippen LogP contribution is -2.46. The molecule has 3 aliphatic heterocycles. The summed E-state index contributed by atoms with van der Waals surface area (Å²) in [6, 6.07) is 0.531. The fourth-order valence-corrected chi connectivity index (χ4v) is 6.57. The monoisotopic (exact) mass is 623 g/mol. The Morgan fingerprint density at radius 3 is 2.70 bits per heavy atom. The van der Waals surface area contributed by atoms with Crippen LogP contribution in [0.2, 0.25) is 0 Å². The van der Waals surface area contributed by atoms with Crippen molar-refractivity contribution in [2.24, 2.45) is 10.4 Å². The molecule has 4 heterocycles. The highest BCUT2D eigenvalue weighted by molar-refractivity contribution is 7.11. The third-order valence-corrected chi connectivity index (χ3v) is 9.06. The number of hydrogen-bond donors (Lipinski definition) is 2. The van der Waals surface area contributed by atoms with Crippen molar-refractivity contribution >= 4 is 29.1 Å². The maximum atomic E-state index is 15.6. The van der Waals surface area contributed by atoms with E-state index in [1.807, 2.05) is 0 Å². The van der Waals surface area contributed by atoms with Gasteiger partial charge in [-0.3, -0.25) is 19.6 Å². The van der Waals surface area contributed by atoms with Gasteiger partial charge in [-0.15, -0.1) is 11.3 Å². The Balaban J connectivity index is 1.51. The summed E-state index contributed by atoms with van der Waals surface area (Å²) < 4.78 is 66.0. The van der Waals surface area contributed by atoms with E-state index in [2.05, 4.69) is 15.3 Å². The first-order chi connectivity index (χ1) is 20.3. The number of aromatic nitrogens is 1. The first kappa shape index (κ1) is 31.1. The van der Waals surface area contributed by atoms with E-state index >= 15 is 13.2 Å². The number of nitrogens with zero attached hydrogens (tertiary/aromatic N) is 4. The van der Waals surface area contributed by atoms with Crippen molar-refractivity contribution in [2.45, 2.75) is 57.7 Å². The normalized spacial score (nSPS) is 24.1. The zero-order valence-corrected chi connectivity index (χ0v) is 24.8. The molecule has 3 unspecified atom stereocenters. The van der Waals surface area contributed by atoms with Crippen molar-refractivity contribution in [1.29, 1.82) is 0 Å². The Kier molecular flexibility index (Phi) is 8.65. The fourth-order valence-electron chi connectivity index (χ4n) is 5.98. The predicted molar refractivity (Wildman–Crippen MR) is 151 cm³/mol. The maximum absolute atomic E-state index is 15.6. The highest BCUT2D eigenvalue weighted by Crippen LogP contribution is 2.43. The third kappa shape index (κ3) is 6.04. The van der Waals surface area contributed by atoms with Gasteiger partial charge in [0.2, 0.25) is 0 Å². The Morgan fingerprint density at radius 1 is 1.26 bits per heavy atom. The highest BCUT2D eigenvalue weighted by Gasteiger charge is 2.59. The number of fused-ring (bicyclic) bond motifs is 1. The van der Waals surface area contributed by atoms with Gasteiger partial charge in [-0.1, -0.05) is 12.1 Å². The van der Waals surface area contributed by atoms with Crippen LogP contribution in [-0.2, 0) is 14.3 Å². The van der Waals surface area contributed by atoms with Crippen molar-refractivity contribution < 1.29 is 37.0 Å². The van der Waals surface area contributed by atoms with E-state index < -0.39 is 59.6 Å². The number of carbonyl (C=O) groups is 2.